The summed E-state index contributed by atoms with van der Waals surface area (Å²) in [5, 5.41) is 3.65. The molecule has 1 aromatic rings. The molecule has 0 spiro atoms. The molecule has 20 heavy (non-hydrogen) atoms. The molecule has 2 unspecified atom stereocenters. The number of hydrogen-bond acceptors (Lipinski definition) is 2. The molecule has 0 aliphatic heterocycles. The van der Waals surface area contributed by atoms with Crippen LogP contribution in [-0.4, -0.2) is 19.7 Å². The monoisotopic (exact) mass is 275 g/mol. The van der Waals surface area contributed by atoms with Gasteiger partial charge in [-0.3, -0.25) is 0 Å². The topological polar surface area (TPSA) is 21.3 Å². The fourth-order valence-corrected chi connectivity index (χ4v) is 3.52. The van der Waals surface area contributed by atoms with E-state index in [4.69, 9.17) is 4.74 Å². The third-order valence-electron chi connectivity index (χ3n) is 4.77. The van der Waals surface area contributed by atoms with Crippen LogP contribution in [-0.2, 0) is 0 Å². The molecule has 1 aromatic carbocycles. The zero-order chi connectivity index (χ0) is 14.5. The van der Waals surface area contributed by atoms with Crippen LogP contribution in [0, 0.1) is 13.8 Å². The number of nitrogens with one attached hydrogen (secondary N) is 1. The van der Waals surface area contributed by atoms with Crippen molar-refractivity contribution >= 4 is 0 Å². The van der Waals surface area contributed by atoms with E-state index in [2.05, 4.69) is 38.2 Å². The highest BCUT2D eigenvalue weighted by molar-refractivity contribution is 5.47. The third-order valence-corrected chi connectivity index (χ3v) is 4.77. The Hall–Kier alpha value is -1.02. The van der Waals surface area contributed by atoms with Crippen LogP contribution >= 0.6 is 0 Å². The summed E-state index contributed by atoms with van der Waals surface area (Å²) in [6.07, 6.45) is 6.54. The van der Waals surface area contributed by atoms with E-state index < -0.39 is 0 Å². The van der Waals surface area contributed by atoms with Gasteiger partial charge in [0.25, 0.3) is 0 Å². The highest BCUT2D eigenvalue weighted by Crippen LogP contribution is 2.39. The zero-order valence-corrected chi connectivity index (χ0v) is 13.5. The molecular formula is C18H29NO. The van der Waals surface area contributed by atoms with Crippen LogP contribution in [0.25, 0.3) is 0 Å². The summed E-state index contributed by atoms with van der Waals surface area (Å²) in [5.74, 6) is 1.75. The molecule has 1 N–H and O–H groups in total. The Balaban J connectivity index is 2.27. The van der Waals surface area contributed by atoms with Gasteiger partial charge in [0.05, 0.1) is 7.11 Å². The van der Waals surface area contributed by atoms with Gasteiger partial charge in [-0.1, -0.05) is 31.9 Å². The lowest BCUT2D eigenvalue weighted by atomic mass is 9.87. The van der Waals surface area contributed by atoms with Crippen molar-refractivity contribution in [3.63, 3.8) is 0 Å². The maximum atomic E-state index is 5.73. The lowest BCUT2D eigenvalue weighted by Crippen LogP contribution is -2.29. The maximum absolute atomic E-state index is 5.73. The minimum atomic E-state index is 0.635. The lowest BCUT2D eigenvalue weighted by Gasteiger charge is -2.24. The first-order valence-corrected chi connectivity index (χ1v) is 8.04. The smallest absolute Gasteiger partial charge is 0.125 e. The lowest BCUT2D eigenvalue weighted by molar-refractivity contribution is 0.392. The largest absolute Gasteiger partial charge is 0.496 e. The number of methoxy groups -OCH3 is 1. The van der Waals surface area contributed by atoms with Crippen molar-refractivity contribution < 1.29 is 4.74 Å². The summed E-state index contributed by atoms with van der Waals surface area (Å²) < 4.78 is 5.73. The quantitative estimate of drug-likeness (QED) is 0.825. The van der Waals surface area contributed by atoms with Gasteiger partial charge >= 0.3 is 0 Å². The predicted octanol–water partition coefficient (Wildman–Crippen LogP) is 4.34. The van der Waals surface area contributed by atoms with Gasteiger partial charge in [-0.25, -0.2) is 0 Å². The van der Waals surface area contributed by atoms with Gasteiger partial charge in [0.1, 0.15) is 5.75 Å². The summed E-state index contributed by atoms with van der Waals surface area (Å²) in [5.41, 5.74) is 4.04. The van der Waals surface area contributed by atoms with Crippen LogP contribution in [0.4, 0.5) is 0 Å². The molecule has 0 amide bonds. The average Bonchev–Trinajstić information content (AvgIpc) is 2.67. The summed E-state index contributed by atoms with van der Waals surface area (Å²) in [7, 11) is 1.81. The zero-order valence-electron chi connectivity index (χ0n) is 13.5. The molecule has 2 atom stereocenters. The second-order valence-electron chi connectivity index (χ2n) is 6.10. The molecule has 0 aromatic heterocycles. The molecule has 2 heteroatoms. The Morgan fingerprint density at radius 3 is 2.65 bits per heavy atom. The van der Waals surface area contributed by atoms with Gasteiger partial charge in [0.2, 0.25) is 0 Å². The maximum Gasteiger partial charge on any atom is 0.125 e. The first-order chi connectivity index (χ1) is 9.67. The Morgan fingerprint density at radius 2 is 1.95 bits per heavy atom. The molecule has 0 radical (unpaired) electrons. The third kappa shape index (κ3) is 3.35. The summed E-state index contributed by atoms with van der Waals surface area (Å²) >= 11 is 0. The average molecular weight is 275 g/mol. The van der Waals surface area contributed by atoms with E-state index in [0.29, 0.717) is 12.0 Å². The Kier molecular flexibility index (Phi) is 5.47. The second-order valence-corrected chi connectivity index (χ2v) is 6.10. The van der Waals surface area contributed by atoms with E-state index in [9.17, 15) is 0 Å². The molecule has 1 aliphatic rings. The van der Waals surface area contributed by atoms with Crippen molar-refractivity contribution in [3.05, 3.63) is 28.8 Å². The van der Waals surface area contributed by atoms with Crippen molar-refractivity contribution in [2.24, 2.45) is 0 Å². The van der Waals surface area contributed by atoms with E-state index in [-0.39, 0.29) is 0 Å². The first kappa shape index (κ1) is 15.4. The Morgan fingerprint density at radius 1 is 1.20 bits per heavy atom. The minimum absolute atomic E-state index is 0.635. The van der Waals surface area contributed by atoms with Crippen LogP contribution < -0.4 is 10.1 Å². The molecule has 0 heterocycles. The normalized spacial score (nSPS) is 23.4. The highest BCUT2D eigenvalue weighted by Gasteiger charge is 2.24. The van der Waals surface area contributed by atoms with Crippen LogP contribution in [0.3, 0.4) is 0 Å². The van der Waals surface area contributed by atoms with E-state index in [0.717, 1.165) is 12.3 Å². The molecular weight excluding hydrogens is 246 g/mol. The van der Waals surface area contributed by atoms with Gasteiger partial charge in [-0.2, -0.15) is 0 Å². The summed E-state index contributed by atoms with van der Waals surface area (Å²) in [6, 6.07) is 5.21. The number of rotatable bonds is 4. The standard InChI is InChI=1S/C18H29NO/c1-5-19-16-9-7-6-8-15(12-16)17-11-10-13(2)14(3)18(17)20-4/h10-11,15-16,19H,5-9,12H2,1-4H3. The van der Waals surface area contributed by atoms with E-state index in [1.165, 1.54) is 48.8 Å². The van der Waals surface area contributed by atoms with Crippen molar-refractivity contribution in [3.8, 4) is 5.75 Å². The number of hydrogen-bond donors (Lipinski definition) is 1. The van der Waals surface area contributed by atoms with E-state index in [1.807, 2.05) is 7.11 Å². The molecule has 2 rings (SSSR count). The van der Waals surface area contributed by atoms with Gasteiger partial charge < -0.3 is 10.1 Å². The van der Waals surface area contributed by atoms with Crippen LogP contribution in [0.1, 0.15) is 61.6 Å². The number of benzene rings is 1. The SMILES string of the molecule is CCNC1CCCCC(c2ccc(C)c(C)c2OC)C1. The second kappa shape index (κ2) is 7.12. The minimum Gasteiger partial charge on any atom is -0.496 e. The number of ether oxygens (including phenoxy) is 1. The van der Waals surface area contributed by atoms with E-state index >= 15 is 0 Å². The van der Waals surface area contributed by atoms with Crippen LogP contribution in [0.15, 0.2) is 12.1 Å². The first-order valence-electron chi connectivity index (χ1n) is 8.04. The van der Waals surface area contributed by atoms with Crippen molar-refractivity contribution in [2.75, 3.05) is 13.7 Å². The molecule has 0 bridgehead atoms. The van der Waals surface area contributed by atoms with Crippen molar-refractivity contribution in [1.29, 1.82) is 0 Å². The fraction of sp³-hybridized carbons (Fsp3) is 0.667. The predicted molar refractivity (Wildman–Crippen MR) is 85.8 cm³/mol. The fourth-order valence-electron chi connectivity index (χ4n) is 3.52. The number of aryl methyl sites for hydroxylation is 1. The van der Waals surface area contributed by atoms with Crippen molar-refractivity contribution in [1.82, 2.24) is 5.32 Å². The van der Waals surface area contributed by atoms with E-state index in [1.54, 1.807) is 0 Å². The Bertz CT molecular complexity index is 441. The molecule has 0 saturated heterocycles. The Labute approximate surface area is 123 Å². The van der Waals surface area contributed by atoms with Gasteiger partial charge in [0.15, 0.2) is 0 Å². The van der Waals surface area contributed by atoms with Gasteiger partial charge in [-0.15, -0.1) is 0 Å². The summed E-state index contributed by atoms with van der Waals surface area (Å²) in [4.78, 5) is 0. The highest BCUT2D eigenvalue weighted by atomic mass is 16.5. The molecule has 1 saturated carbocycles. The summed E-state index contributed by atoms with van der Waals surface area (Å²) in [6.45, 7) is 7.62. The van der Waals surface area contributed by atoms with Gasteiger partial charge in [0, 0.05) is 6.04 Å². The van der Waals surface area contributed by atoms with Gasteiger partial charge in [-0.05, 0) is 62.3 Å². The van der Waals surface area contributed by atoms with Crippen LogP contribution in [0.5, 0.6) is 5.75 Å². The molecule has 2 nitrogen and oxygen atoms in total. The molecule has 112 valence electrons. The molecule has 1 aliphatic carbocycles. The molecule has 1 fully saturated rings. The van der Waals surface area contributed by atoms with Crippen molar-refractivity contribution in [2.45, 2.75) is 64.8 Å². The van der Waals surface area contributed by atoms with Crippen LogP contribution in [0.2, 0.25) is 0 Å².